The molecular weight excluding hydrogens is 316 g/mol. The number of aryl methyl sites for hydroxylation is 1. The normalized spacial score (nSPS) is 10.2. The lowest BCUT2D eigenvalue weighted by molar-refractivity contribution is 0.285. The van der Waals surface area contributed by atoms with Gasteiger partial charge in [0.05, 0.1) is 6.54 Å². The van der Waals surface area contributed by atoms with Crippen molar-refractivity contribution in [3.63, 3.8) is 0 Å². The van der Waals surface area contributed by atoms with Crippen LogP contribution < -0.4 is 10.1 Å². The van der Waals surface area contributed by atoms with Crippen LogP contribution in [0.4, 0.5) is 5.69 Å². The quantitative estimate of drug-likeness (QED) is 0.701. The largest absolute Gasteiger partial charge is 0.492 e. The van der Waals surface area contributed by atoms with Crippen molar-refractivity contribution in [3.8, 4) is 5.75 Å². The van der Waals surface area contributed by atoms with E-state index in [9.17, 15) is 0 Å². The number of nitrogens with one attached hydrogen (secondary N) is 1. The van der Waals surface area contributed by atoms with Gasteiger partial charge in [0, 0.05) is 12.7 Å². The van der Waals surface area contributed by atoms with Crippen LogP contribution in [0, 0.1) is 0 Å². The van der Waals surface area contributed by atoms with E-state index in [0.29, 0.717) is 11.7 Å². The van der Waals surface area contributed by atoms with E-state index in [1.54, 1.807) is 0 Å². The molecule has 0 unspecified atom stereocenters. The van der Waals surface area contributed by atoms with Gasteiger partial charge in [-0.1, -0.05) is 43.7 Å². The molecule has 0 saturated carbocycles. The maximum atomic E-state index is 5.70. The van der Waals surface area contributed by atoms with Gasteiger partial charge in [-0.25, -0.2) is 0 Å². The summed E-state index contributed by atoms with van der Waals surface area (Å²) in [4.78, 5) is 1.99. The minimum absolute atomic E-state index is 0.596. The van der Waals surface area contributed by atoms with Gasteiger partial charge in [-0.3, -0.25) is 0 Å². The molecule has 0 aromatic heterocycles. The Balaban J connectivity index is 1.74. The van der Waals surface area contributed by atoms with Gasteiger partial charge < -0.3 is 15.0 Å². The molecule has 0 atom stereocenters. The Morgan fingerprint density at radius 3 is 2.46 bits per heavy atom. The van der Waals surface area contributed by atoms with E-state index < -0.39 is 0 Å². The molecule has 0 saturated heterocycles. The van der Waals surface area contributed by atoms with E-state index in [1.165, 1.54) is 18.4 Å². The zero-order valence-electron chi connectivity index (χ0n) is 14.5. The Morgan fingerprint density at radius 1 is 1.08 bits per heavy atom. The third kappa shape index (κ3) is 6.20. The number of nitrogens with zero attached hydrogens (tertiary/aromatic N) is 1. The summed E-state index contributed by atoms with van der Waals surface area (Å²) in [5.41, 5.74) is 2.40. The SMILES string of the molecule is CCCCc1ccc(NC(=S)N(C)CCOc2ccccc2)cc1. The number of unbranched alkanes of at least 4 members (excludes halogenated alkanes) is 1. The number of thiocarbonyl (C=S) groups is 1. The Kier molecular flexibility index (Phi) is 7.56. The van der Waals surface area contributed by atoms with Gasteiger partial charge in [0.2, 0.25) is 0 Å². The summed E-state index contributed by atoms with van der Waals surface area (Å²) in [5.74, 6) is 0.882. The van der Waals surface area contributed by atoms with Gasteiger partial charge in [0.1, 0.15) is 12.4 Å². The van der Waals surface area contributed by atoms with Crippen molar-refractivity contribution < 1.29 is 4.74 Å². The molecule has 0 bridgehead atoms. The summed E-state index contributed by atoms with van der Waals surface area (Å²) in [7, 11) is 1.97. The van der Waals surface area contributed by atoms with Gasteiger partial charge in [0.25, 0.3) is 0 Å². The molecule has 2 rings (SSSR count). The molecule has 128 valence electrons. The van der Waals surface area contributed by atoms with Crippen LogP contribution in [0.5, 0.6) is 5.75 Å². The number of anilines is 1. The van der Waals surface area contributed by atoms with E-state index in [4.69, 9.17) is 17.0 Å². The summed E-state index contributed by atoms with van der Waals surface area (Å²) in [6.45, 7) is 3.54. The highest BCUT2D eigenvalue weighted by Crippen LogP contribution is 2.12. The lowest BCUT2D eigenvalue weighted by Gasteiger charge is -2.21. The predicted octanol–water partition coefficient (Wildman–Crippen LogP) is 4.74. The summed E-state index contributed by atoms with van der Waals surface area (Å²) >= 11 is 5.45. The van der Waals surface area contributed by atoms with Crippen LogP contribution in [0.2, 0.25) is 0 Å². The molecule has 3 nitrogen and oxygen atoms in total. The van der Waals surface area contributed by atoms with E-state index in [2.05, 4.69) is 36.5 Å². The minimum Gasteiger partial charge on any atom is -0.492 e. The first-order valence-electron chi connectivity index (χ1n) is 8.48. The maximum Gasteiger partial charge on any atom is 0.173 e. The molecule has 0 amide bonds. The molecule has 0 aliphatic carbocycles. The summed E-state index contributed by atoms with van der Waals surface area (Å²) < 4.78 is 5.70. The smallest absolute Gasteiger partial charge is 0.173 e. The minimum atomic E-state index is 0.596. The molecule has 0 heterocycles. The van der Waals surface area contributed by atoms with Crippen molar-refractivity contribution in [3.05, 3.63) is 60.2 Å². The van der Waals surface area contributed by atoms with Crippen LogP contribution in [-0.4, -0.2) is 30.2 Å². The molecule has 0 aliphatic heterocycles. The predicted molar refractivity (Wildman–Crippen MR) is 106 cm³/mol. The van der Waals surface area contributed by atoms with Crippen LogP contribution in [0.3, 0.4) is 0 Å². The monoisotopic (exact) mass is 342 g/mol. The van der Waals surface area contributed by atoms with Gasteiger partial charge >= 0.3 is 0 Å². The summed E-state index contributed by atoms with van der Waals surface area (Å²) in [6, 6.07) is 18.3. The topological polar surface area (TPSA) is 24.5 Å². The molecule has 2 aromatic rings. The standard InChI is InChI=1S/C20H26N2OS/c1-3-4-8-17-11-13-18(14-12-17)21-20(24)22(2)15-16-23-19-9-6-5-7-10-19/h5-7,9-14H,3-4,8,15-16H2,1-2H3,(H,21,24). The number of likely N-dealkylation sites (N-methyl/N-ethyl adjacent to an activating group) is 1. The number of ether oxygens (including phenoxy) is 1. The maximum absolute atomic E-state index is 5.70. The second-order valence-electron chi connectivity index (χ2n) is 5.81. The van der Waals surface area contributed by atoms with Gasteiger partial charge in [-0.05, 0) is 54.9 Å². The lowest BCUT2D eigenvalue weighted by atomic mass is 10.1. The Morgan fingerprint density at radius 2 is 1.79 bits per heavy atom. The van der Waals surface area contributed by atoms with Crippen molar-refractivity contribution >= 4 is 23.0 Å². The number of benzene rings is 2. The van der Waals surface area contributed by atoms with Gasteiger partial charge in [0.15, 0.2) is 5.11 Å². The van der Waals surface area contributed by atoms with Crippen molar-refractivity contribution in [2.45, 2.75) is 26.2 Å². The third-order valence-corrected chi connectivity index (χ3v) is 4.22. The zero-order valence-corrected chi connectivity index (χ0v) is 15.3. The molecule has 24 heavy (non-hydrogen) atoms. The lowest BCUT2D eigenvalue weighted by Crippen LogP contribution is -2.34. The third-order valence-electron chi connectivity index (χ3n) is 3.81. The van der Waals surface area contributed by atoms with Gasteiger partial charge in [-0.15, -0.1) is 0 Å². The highest BCUT2D eigenvalue weighted by molar-refractivity contribution is 7.80. The van der Waals surface area contributed by atoms with Gasteiger partial charge in [-0.2, -0.15) is 0 Å². The zero-order chi connectivity index (χ0) is 17.2. The number of para-hydroxylation sites is 1. The fourth-order valence-electron chi connectivity index (χ4n) is 2.27. The Bertz CT molecular complexity index is 613. The van der Waals surface area contributed by atoms with E-state index >= 15 is 0 Å². The van der Waals surface area contributed by atoms with Crippen LogP contribution >= 0.6 is 12.2 Å². The number of rotatable bonds is 8. The first-order valence-corrected chi connectivity index (χ1v) is 8.88. The molecular formula is C20H26N2OS. The number of hydrogen-bond donors (Lipinski definition) is 1. The van der Waals surface area contributed by atoms with Crippen molar-refractivity contribution in [1.82, 2.24) is 4.90 Å². The molecule has 0 fully saturated rings. The first kappa shape index (κ1) is 18.3. The molecule has 0 radical (unpaired) electrons. The summed E-state index contributed by atoms with van der Waals surface area (Å²) in [6.07, 6.45) is 3.59. The summed E-state index contributed by atoms with van der Waals surface area (Å²) in [5, 5.41) is 3.98. The Hall–Kier alpha value is -2.07. The van der Waals surface area contributed by atoms with Crippen molar-refractivity contribution in [2.24, 2.45) is 0 Å². The number of hydrogen-bond acceptors (Lipinski definition) is 2. The van der Waals surface area contributed by atoms with Crippen LogP contribution in [0.15, 0.2) is 54.6 Å². The second kappa shape index (κ2) is 9.93. The average Bonchev–Trinajstić information content (AvgIpc) is 2.62. The fourth-order valence-corrected chi connectivity index (χ4v) is 2.48. The van der Waals surface area contributed by atoms with E-state index in [-0.39, 0.29) is 0 Å². The molecule has 0 spiro atoms. The van der Waals surface area contributed by atoms with E-state index in [1.807, 2.05) is 42.3 Å². The molecule has 0 aliphatic rings. The highest BCUT2D eigenvalue weighted by atomic mass is 32.1. The first-order chi connectivity index (χ1) is 11.7. The highest BCUT2D eigenvalue weighted by Gasteiger charge is 2.05. The van der Waals surface area contributed by atoms with Crippen molar-refractivity contribution in [2.75, 3.05) is 25.5 Å². The molecule has 2 aromatic carbocycles. The molecule has 4 heteroatoms. The molecule has 1 N–H and O–H groups in total. The van der Waals surface area contributed by atoms with Crippen molar-refractivity contribution in [1.29, 1.82) is 0 Å². The van der Waals surface area contributed by atoms with Crippen LogP contribution in [0.25, 0.3) is 0 Å². The van der Waals surface area contributed by atoms with Crippen LogP contribution in [-0.2, 0) is 6.42 Å². The Labute approximate surface area is 150 Å². The average molecular weight is 343 g/mol. The fraction of sp³-hybridized carbons (Fsp3) is 0.350. The second-order valence-corrected chi connectivity index (χ2v) is 6.20. The van der Waals surface area contributed by atoms with Crippen LogP contribution in [0.1, 0.15) is 25.3 Å². The van der Waals surface area contributed by atoms with E-state index in [0.717, 1.165) is 24.4 Å².